The lowest BCUT2D eigenvalue weighted by Crippen LogP contribution is -2.09. The largest absolute Gasteiger partial charge is 0.458 e. The predicted octanol–water partition coefficient (Wildman–Crippen LogP) is 2.44. The number of Topliss-reactive ketones (excluding diaryl/α,β-unsaturated/α-hetero) is 1. The molecule has 1 heterocycles. The van der Waals surface area contributed by atoms with Crippen molar-refractivity contribution in [3.63, 3.8) is 0 Å². The SMILES string of the molecule is Cc1ccc(C(=O)CCOCC(F)F)o1. The highest BCUT2D eigenvalue weighted by atomic mass is 19.3. The summed E-state index contributed by atoms with van der Waals surface area (Å²) in [6.45, 7) is 1.08. The lowest BCUT2D eigenvalue weighted by Gasteiger charge is -2.01. The molecule has 0 N–H and O–H groups in total. The molecule has 5 heteroatoms. The number of hydrogen-bond acceptors (Lipinski definition) is 3. The van der Waals surface area contributed by atoms with Gasteiger partial charge in [-0.25, -0.2) is 8.78 Å². The van der Waals surface area contributed by atoms with Crippen LogP contribution in [0.2, 0.25) is 0 Å². The van der Waals surface area contributed by atoms with Crippen LogP contribution in [0.3, 0.4) is 0 Å². The van der Waals surface area contributed by atoms with Gasteiger partial charge in [-0.15, -0.1) is 0 Å². The van der Waals surface area contributed by atoms with Gasteiger partial charge in [-0.3, -0.25) is 4.79 Å². The van der Waals surface area contributed by atoms with Crippen molar-refractivity contribution in [1.82, 2.24) is 0 Å². The first-order valence-corrected chi connectivity index (χ1v) is 4.55. The second-order valence-electron chi connectivity index (χ2n) is 3.05. The van der Waals surface area contributed by atoms with Crippen molar-refractivity contribution in [3.8, 4) is 0 Å². The first-order chi connectivity index (χ1) is 7.09. The van der Waals surface area contributed by atoms with E-state index in [1.807, 2.05) is 0 Å². The molecule has 0 spiro atoms. The molecule has 0 aliphatic carbocycles. The van der Waals surface area contributed by atoms with E-state index in [-0.39, 0.29) is 24.6 Å². The van der Waals surface area contributed by atoms with E-state index in [4.69, 9.17) is 4.42 Å². The molecule has 0 saturated heterocycles. The number of ether oxygens (including phenoxy) is 1. The van der Waals surface area contributed by atoms with Crippen LogP contribution in [0.4, 0.5) is 8.78 Å². The second-order valence-corrected chi connectivity index (χ2v) is 3.05. The zero-order valence-corrected chi connectivity index (χ0v) is 8.33. The minimum atomic E-state index is -2.49. The van der Waals surface area contributed by atoms with Gasteiger partial charge < -0.3 is 9.15 Å². The highest BCUT2D eigenvalue weighted by Crippen LogP contribution is 2.08. The van der Waals surface area contributed by atoms with E-state index in [1.54, 1.807) is 19.1 Å². The van der Waals surface area contributed by atoms with Gasteiger partial charge in [0.1, 0.15) is 12.4 Å². The first-order valence-electron chi connectivity index (χ1n) is 4.55. The van der Waals surface area contributed by atoms with Gasteiger partial charge in [0.25, 0.3) is 6.43 Å². The lowest BCUT2D eigenvalue weighted by molar-refractivity contribution is 0.0167. The van der Waals surface area contributed by atoms with Gasteiger partial charge in [0.15, 0.2) is 11.5 Å². The number of halogens is 2. The smallest absolute Gasteiger partial charge is 0.261 e. The summed E-state index contributed by atoms with van der Waals surface area (Å²) in [5.74, 6) is 0.650. The fourth-order valence-corrected chi connectivity index (χ4v) is 1.04. The third kappa shape index (κ3) is 4.20. The van der Waals surface area contributed by atoms with Crippen LogP contribution in [0.1, 0.15) is 22.7 Å². The molecule has 0 aliphatic rings. The van der Waals surface area contributed by atoms with Crippen LogP contribution in [-0.2, 0) is 4.74 Å². The number of rotatable bonds is 6. The molecule has 84 valence electrons. The van der Waals surface area contributed by atoms with E-state index in [2.05, 4.69) is 4.74 Å². The zero-order chi connectivity index (χ0) is 11.3. The Morgan fingerprint density at radius 3 is 2.80 bits per heavy atom. The van der Waals surface area contributed by atoms with E-state index in [9.17, 15) is 13.6 Å². The lowest BCUT2D eigenvalue weighted by atomic mass is 10.2. The predicted molar refractivity (Wildman–Crippen MR) is 49.2 cm³/mol. The van der Waals surface area contributed by atoms with Crippen LogP contribution >= 0.6 is 0 Å². The number of hydrogen-bond donors (Lipinski definition) is 0. The summed E-state index contributed by atoms with van der Waals surface area (Å²) >= 11 is 0. The average Bonchev–Trinajstić information content (AvgIpc) is 2.59. The Morgan fingerprint density at radius 2 is 2.27 bits per heavy atom. The fourth-order valence-electron chi connectivity index (χ4n) is 1.04. The number of aryl methyl sites for hydroxylation is 1. The summed E-state index contributed by atoms with van der Waals surface area (Å²) in [7, 11) is 0. The first kappa shape index (κ1) is 11.8. The number of furan rings is 1. The van der Waals surface area contributed by atoms with Gasteiger partial charge in [0.2, 0.25) is 0 Å². The van der Waals surface area contributed by atoms with Crippen molar-refractivity contribution in [2.24, 2.45) is 0 Å². The minimum Gasteiger partial charge on any atom is -0.458 e. The average molecular weight is 218 g/mol. The van der Waals surface area contributed by atoms with Crippen molar-refractivity contribution < 1.29 is 22.7 Å². The van der Waals surface area contributed by atoms with Crippen LogP contribution in [0.25, 0.3) is 0 Å². The maximum absolute atomic E-state index is 11.7. The number of carbonyl (C=O) groups excluding carboxylic acids is 1. The zero-order valence-electron chi connectivity index (χ0n) is 8.33. The molecule has 3 nitrogen and oxygen atoms in total. The maximum Gasteiger partial charge on any atom is 0.261 e. The standard InChI is InChI=1S/C10H12F2O3/c1-7-2-3-9(15-7)8(13)4-5-14-6-10(11)12/h2-3,10H,4-6H2,1H3. The summed E-state index contributed by atoms with van der Waals surface area (Å²) < 4.78 is 33.0. The summed E-state index contributed by atoms with van der Waals surface area (Å²) in [6, 6.07) is 3.23. The molecule has 0 atom stereocenters. The molecule has 0 radical (unpaired) electrons. The molecule has 0 saturated carbocycles. The summed E-state index contributed by atoms with van der Waals surface area (Å²) in [6.07, 6.45) is -2.44. The molecule has 1 aromatic rings. The van der Waals surface area contributed by atoms with Crippen LogP contribution in [-0.4, -0.2) is 25.4 Å². The van der Waals surface area contributed by atoms with E-state index < -0.39 is 13.0 Å². The Kier molecular flexibility index (Phi) is 4.42. The number of alkyl halides is 2. The van der Waals surface area contributed by atoms with Crippen LogP contribution in [0, 0.1) is 6.92 Å². The quantitative estimate of drug-likeness (QED) is 0.543. The highest BCUT2D eigenvalue weighted by Gasteiger charge is 2.10. The van der Waals surface area contributed by atoms with Crippen molar-refractivity contribution in [2.75, 3.05) is 13.2 Å². The molecule has 1 rings (SSSR count). The van der Waals surface area contributed by atoms with Gasteiger partial charge in [-0.2, -0.15) is 0 Å². The van der Waals surface area contributed by atoms with E-state index in [0.29, 0.717) is 5.76 Å². The van der Waals surface area contributed by atoms with Gasteiger partial charge in [0, 0.05) is 6.42 Å². The fraction of sp³-hybridized carbons (Fsp3) is 0.500. The van der Waals surface area contributed by atoms with Crippen molar-refractivity contribution in [1.29, 1.82) is 0 Å². The summed E-state index contributed by atoms with van der Waals surface area (Å²) in [5.41, 5.74) is 0. The third-order valence-corrected chi connectivity index (χ3v) is 1.73. The molecule has 0 amide bonds. The van der Waals surface area contributed by atoms with Gasteiger partial charge >= 0.3 is 0 Å². The normalized spacial score (nSPS) is 10.9. The van der Waals surface area contributed by atoms with E-state index >= 15 is 0 Å². The Bertz CT molecular complexity index is 320. The molecule has 0 aromatic carbocycles. The maximum atomic E-state index is 11.7. The van der Waals surface area contributed by atoms with Gasteiger partial charge in [0.05, 0.1) is 6.61 Å². The monoisotopic (exact) mass is 218 g/mol. The molecular weight excluding hydrogens is 206 g/mol. The Balaban J connectivity index is 2.25. The van der Waals surface area contributed by atoms with Crippen molar-refractivity contribution >= 4 is 5.78 Å². The molecule has 0 bridgehead atoms. The molecular formula is C10H12F2O3. The summed E-state index contributed by atoms with van der Waals surface area (Å²) in [5, 5.41) is 0. The molecule has 1 aromatic heterocycles. The number of ketones is 1. The minimum absolute atomic E-state index is 0.0110. The van der Waals surface area contributed by atoms with E-state index in [0.717, 1.165) is 0 Å². The molecule has 0 aliphatic heterocycles. The van der Waals surface area contributed by atoms with Gasteiger partial charge in [-0.05, 0) is 19.1 Å². The van der Waals surface area contributed by atoms with Crippen LogP contribution in [0.15, 0.2) is 16.5 Å². The van der Waals surface area contributed by atoms with Crippen LogP contribution in [0.5, 0.6) is 0 Å². The molecule has 15 heavy (non-hydrogen) atoms. The Hall–Kier alpha value is -1.23. The highest BCUT2D eigenvalue weighted by molar-refractivity contribution is 5.93. The third-order valence-electron chi connectivity index (χ3n) is 1.73. The van der Waals surface area contributed by atoms with Crippen molar-refractivity contribution in [3.05, 3.63) is 23.7 Å². The topological polar surface area (TPSA) is 39.4 Å². The second kappa shape index (κ2) is 5.60. The van der Waals surface area contributed by atoms with Gasteiger partial charge in [-0.1, -0.05) is 0 Å². The van der Waals surface area contributed by atoms with Crippen LogP contribution < -0.4 is 0 Å². The van der Waals surface area contributed by atoms with Crippen molar-refractivity contribution in [2.45, 2.75) is 19.8 Å². The number of carbonyl (C=O) groups is 1. The molecule has 0 unspecified atom stereocenters. The Morgan fingerprint density at radius 1 is 1.53 bits per heavy atom. The summed E-state index contributed by atoms with van der Waals surface area (Å²) in [4.78, 5) is 11.3. The van der Waals surface area contributed by atoms with E-state index in [1.165, 1.54) is 0 Å². The Labute approximate surface area is 86.0 Å². The molecule has 0 fully saturated rings.